The van der Waals surface area contributed by atoms with Crippen LogP contribution < -0.4 is 5.43 Å². The Bertz CT molecular complexity index is 369. The number of nitrogens with one attached hydrogen (secondary N) is 1. The zero-order valence-electron chi connectivity index (χ0n) is 11.4. The van der Waals surface area contributed by atoms with Crippen molar-refractivity contribution in [3.05, 3.63) is 29.8 Å². The zero-order valence-corrected chi connectivity index (χ0v) is 11.4. The first-order chi connectivity index (χ1) is 8.58. The first-order valence-electron chi connectivity index (χ1n) is 6.74. The van der Waals surface area contributed by atoms with E-state index in [2.05, 4.69) is 36.2 Å². The predicted molar refractivity (Wildman–Crippen MR) is 70.4 cm³/mol. The van der Waals surface area contributed by atoms with E-state index in [0.717, 1.165) is 5.69 Å². The molecular weight excluding hydrogens is 229 g/mol. The fraction of sp³-hybridized carbons (Fsp3) is 0.643. The first kappa shape index (κ1) is 13.4. The Morgan fingerprint density at radius 2 is 2.00 bits per heavy atom. The minimum Gasteiger partial charge on any atom is -0.257 e. The highest BCUT2D eigenvalue weighted by Gasteiger charge is 2.26. The molecule has 18 heavy (non-hydrogen) atoms. The van der Waals surface area contributed by atoms with E-state index in [1.165, 1.54) is 31.5 Å². The van der Waals surface area contributed by atoms with Crippen LogP contribution in [0.25, 0.3) is 0 Å². The van der Waals surface area contributed by atoms with Gasteiger partial charge in [0, 0.05) is 12.1 Å². The SMILES string of the molecule is CC(NN1C(C)CCCC1C)c1ccc(F)cn1. The number of hydrazine groups is 1. The van der Waals surface area contributed by atoms with Gasteiger partial charge in [0.1, 0.15) is 5.82 Å². The van der Waals surface area contributed by atoms with Crippen LogP contribution >= 0.6 is 0 Å². The molecule has 1 aromatic rings. The molecule has 0 bridgehead atoms. The minimum absolute atomic E-state index is 0.105. The van der Waals surface area contributed by atoms with Gasteiger partial charge in [-0.2, -0.15) is 0 Å². The van der Waals surface area contributed by atoms with Crippen molar-refractivity contribution >= 4 is 0 Å². The van der Waals surface area contributed by atoms with Crippen molar-refractivity contribution in [1.29, 1.82) is 0 Å². The number of halogens is 1. The summed E-state index contributed by atoms with van der Waals surface area (Å²) >= 11 is 0. The van der Waals surface area contributed by atoms with E-state index in [4.69, 9.17) is 0 Å². The number of hydrogen-bond donors (Lipinski definition) is 1. The second-order valence-electron chi connectivity index (χ2n) is 5.29. The van der Waals surface area contributed by atoms with Crippen molar-refractivity contribution in [2.75, 3.05) is 0 Å². The maximum atomic E-state index is 12.8. The van der Waals surface area contributed by atoms with Gasteiger partial charge in [0.2, 0.25) is 0 Å². The van der Waals surface area contributed by atoms with Crippen molar-refractivity contribution < 1.29 is 4.39 Å². The highest BCUT2D eigenvalue weighted by molar-refractivity contribution is 5.08. The number of pyridine rings is 1. The Balaban J connectivity index is 2.01. The summed E-state index contributed by atoms with van der Waals surface area (Å²) in [5, 5.41) is 2.32. The van der Waals surface area contributed by atoms with Crippen LogP contribution in [0.3, 0.4) is 0 Å². The molecule has 1 N–H and O–H groups in total. The molecule has 0 spiro atoms. The first-order valence-corrected chi connectivity index (χ1v) is 6.74. The molecule has 0 saturated carbocycles. The molecule has 3 atom stereocenters. The normalized spacial score (nSPS) is 27.1. The molecule has 3 nitrogen and oxygen atoms in total. The number of nitrogens with zero attached hydrogens (tertiary/aromatic N) is 2. The molecule has 0 radical (unpaired) electrons. The average Bonchev–Trinajstić information content (AvgIpc) is 2.34. The van der Waals surface area contributed by atoms with E-state index in [9.17, 15) is 4.39 Å². The van der Waals surface area contributed by atoms with Crippen LogP contribution in [-0.2, 0) is 0 Å². The third kappa shape index (κ3) is 3.06. The van der Waals surface area contributed by atoms with Gasteiger partial charge in [-0.25, -0.2) is 14.8 Å². The lowest BCUT2D eigenvalue weighted by atomic mass is 9.99. The van der Waals surface area contributed by atoms with E-state index in [0.29, 0.717) is 12.1 Å². The van der Waals surface area contributed by atoms with Crippen LogP contribution in [0.15, 0.2) is 18.3 Å². The third-order valence-electron chi connectivity index (χ3n) is 3.73. The minimum atomic E-state index is -0.286. The standard InChI is InChI=1S/C14H22FN3/c1-10-5-4-6-11(2)18(10)17-12(3)14-8-7-13(15)9-16-14/h7-12,17H,4-6H2,1-3H3. The third-order valence-corrected chi connectivity index (χ3v) is 3.73. The van der Waals surface area contributed by atoms with Gasteiger partial charge >= 0.3 is 0 Å². The van der Waals surface area contributed by atoms with Gasteiger partial charge in [-0.05, 0) is 45.7 Å². The molecular formula is C14H22FN3. The summed E-state index contributed by atoms with van der Waals surface area (Å²) in [6, 6.07) is 4.39. The lowest BCUT2D eigenvalue weighted by Crippen LogP contribution is -2.52. The average molecular weight is 251 g/mol. The fourth-order valence-corrected chi connectivity index (χ4v) is 2.61. The fourth-order valence-electron chi connectivity index (χ4n) is 2.61. The van der Waals surface area contributed by atoms with Crippen LogP contribution in [0.2, 0.25) is 0 Å². The Kier molecular flexibility index (Phi) is 4.30. The molecule has 1 fully saturated rings. The van der Waals surface area contributed by atoms with E-state index in [1.54, 1.807) is 6.07 Å². The molecule has 2 rings (SSSR count). The second kappa shape index (κ2) is 5.76. The Morgan fingerprint density at radius 3 is 2.56 bits per heavy atom. The van der Waals surface area contributed by atoms with Gasteiger partial charge in [-0.1, -0.05) is 6.42 Å². The van der Waals surface area contributed by atoms with Crippen molar-refractivity contribution in [1.82, 2.24) is 15.4 Å². The van der Waals surface area contributed by atoms with E-state index in [-0.39, 0.29) is 11.9 Å². The summed E-state index contributed by atoms with van der Waals surface area (Å²) in [5.41, 5.74) is 4.38. The quantitative estimate of drug-likeness (QED) is 0.895. The molecule has 100 valence electrons. The number of rotatable bonds is 3. The lowest BCUT2D eigenvalue weighted by Gasteiger charge is -2.40. The van der Waals surface area contributed by atoms with Gasteiger partial charge in [0.25, 0.3) is 0 Å². The Hall–Kier alpha value is -1.00. The zero-order chi connectivity index (χ0) is 13.1. The van der Waals surface area contributed by atoms with Crippen LogP contribution in [0.5, 0.6) is 0 Å². The van der Waals surface area contributed by atoms with Crippen molar-refractivity contribution in [3.8, 4) is 0 Å². The van der Waals surface area contributed by atoms with Crippen LogP contribution in [0, 0.1) is 5.82 Å². The van der Waals surface area contributed by atoms with Gasteiger partial charge in [-0.3, -0.25) is 4.98 Å². The van der Waals surface area contributed by atoms with Gasteiger partial charge in [-0.15, -0.1) is 0 Å². The second-order valence-corrected chi connectivity index (χ2v) is 5.29. The Labute approximate surface area is 108 Å². The van der Waals surface area contributed by atoms with Crippen molar-refractivity contribution in [2.24, 2.45) is 0 Å². The molecule has 1 aliphatic heterocycles. The summed E-state index contributed by atoms with van der Waals surface area (Å²) in [6.07, 6.45) is 5.02. The van der Waals surface area contributed by atoms with Crippen molar-refractivity contribution in [2.45, 2.75) is 58.2 Å². The number of hydrogen-bond acceptors (Lipinski definition) is 3. The summed E-state index contributed by atoms with van der Waals surface area (Å²) < 4.78 is 12.8. The van der Waals surface area contributed by atoms with E-state index >= 15 is 0 Å². The highest BCUT2D eigenvalue weighted by Crippen LogP contribution is 2.22. The number of piperidine rings is 1. The van der Waals surface area contributed by atoms with E-state index < -0.39 is 0 Å². The molecule has 0 amide bonds. The molecule has 4 heteroatoms. The monoisotopic (exact) mass is 251 g/mol. The highest BCUT2D eigenvalue weighted by atomic mass is 19.1. The number of aromatic nitrogens is 1. The molecule has 0 aromatic carbocycles. The van der Waals surface area contributed by atoms with Gasteiger partial charge in [0.15, 0.2) is 0 Å². The molecule has 2 heterocycles. The summed E-state index contributed by atoms with van der Waals surface area (Å²) in [6.45, 7) is 6.55. The summed E-state index contributed by atoms with van der Waals surface area (Å²) in [4.78, 5) is 4.13. The molecule has 1 aromatic heterocycles. The largest absolute Gasteiger partial charge is 0.257 e. The lowest BCUT2D eigenvalue weighted by molar-refractivity contribution is 0.0314. The summed E-state index contributed by atoms with van der Waals surface area (Å²) in [5.74, 6) is -0.286. The molecule has 0 aliphatic carbocycles. The van der Waals surface area contributed by atoms with Crippen molar-refractivity contribution in [3.63, 3.8) is 0 Å². The molecule has 1 aliphatic rings. The molecule has 1 saturated heterocycles. The smallest absolute Gasteiger partial charge is 0.141 e. The predicted octanol–water partition coefficient (Wildman–Crippen LogP) is 3.05. The maximum absolute atomic E-state index is 12.8. The van der Waals surface area contributed by atoms with E-state index in [1.807, 2.05) is 0 Å². The topological polar surface area (TPSA) is 28.2 Å². The van der Waals surface area contributed by atoms with Gasteiger partial charge < -0.3 is 0 Å². The van der Waals surface area contributed by atoms with Crippen LogP contribution in [-0.4, -0.2) is 22.1 Å². The summed E-state index contributed by atoms with van der Waals surface area (Å²) in [7, 11) is 0. The van der Waals surface area contributed by atoms with Crippen LogP contribution in [0.4, 0.5) is 4.39 Å². The molecule has 3 unspecified atom stereocenters. The maximum Gasteiger partial charge on any atom is 0.141 e. The van der Waals surface area contributed by atoms with Gasteiger partial charge in [0.05, 0.1) is 17.9 Å². The Morgan fingerprint density at radius 1 is 1.33 bits per heavy atom. The van der Waals surface area contributed by atoms with Crippen LogP contribution in [0.1, 0.15) is 51.8 Å².